The fourth-order valence-electron chi connectivity index (χ4n) is 1.19. The summed E-state index contributed by atoms with van der Waals surface area (Å²) in [6.45, 7) is 5.63. The van der Waals surface area contributed by atoms with Crippen molar-refractivity contribution in [1.29, 1.82) is 0 Å². The highest BCUT2D eigenvalue weighted by Gasteiger charge is 2.06. The van der Waals surface area contributed by atoms with Gasteiger partial charge in [0.05, 0.1) is 0 Å². The fourth-order valence-corrected chi connectivity index (χ4v) is 1.19. The van der Waals surface area contributed by atoms with Crippen LogP contribution < -0.4 is 0 Å². The van der Waals surface area contributed by atoms with Gasteiger partial charge in [-0.3, -0.25) is 0 Å². The van der Waals surface area contributed by atoms with Crippen LogP contribution in [0.15, 0.2) is 0 Å². The molecule has 0 saturated carbocycles. The van der Waals surface area contributed by atoms with Gasteiger partial charge in [-0.15, -0.1) is 0 Å². The van der Waals surface area contributed by atoms with Gasteiger partial charge in [-0.25, -0.2) is 0 Å². The Kier molecular flexibility index (Phi) is 9.87. The molecule has 0 amide bonds. The average Bonchev–Trinajstić information content (AvgIpc) is 2.13. The maximum absolute atomic E-state index is 8.58. The topological polar surface area (TPSA) is 38.7 Å². The van der Waals surface area contributed by atoms with E-state index in [2.05, 4.69) is 0 Å². The van der Waals surface area contributed by atoms with Gasteiger partial charge in [-0.05, 0) is 33.1 Å². The zero-order valence-corrected chi connectivity index (χ0v) is 8.79. The molecule has 80 valence electrons. The lowest BCUT2D eigenvalue weighted by Crippen LogP contribution is -2.17. The lowest BCUT2D eigenvalue weighted by Gasteiger charge is -2.16. The number of ether oxygens (including phenoxy) is 2. The van der Waals surface area contributed by atoms with Crippen LogP contribution in [0.5, 0.6) is 0 Å². The Labute approximate surface area is 81.0 Å². The average molecular weight is 190 g/mol. The van der Waals surface area contributed by atoms with Crippen LogP contribution in [0.2, 0.25) is 0 Å². The first kappa shape index (κ1) is 12.9. The SMILES string of the molecule is CCOC(CCCCCO)OCC. The predicted molar refractivity (Wildman–Crippen MR) is 52.6 cm³/mol. The summed E-state index contributed by atoms with van der Waals surface area (Å²) < 4.78 is 10.8. The van der Waals surface area contributed by atoms with Gasteiger partial charge >= 0.3 is 0 Å². The Balaban J connectivity index is 3.33. The van der Waals surface area contributed by atoms with E-state index in [4.69, 9.17) is 14.6 Å². The Morgan fingerprint density at radius 1 is 1.00 bits per heavy atom. The van der Waals surface area contributed by atoms with Crippen molar-refractivity contribution in [2.45, 2.75) is 45.8 Å². The minimum absolute atomic E-state index is 0.0475. The van der Waals surface area contributed by atoms with Crippen LogP contribution in [0.4, 0.5) is 0 Å². The molecule has 0 aliphatic heterocycles. The third-order valence-electron chi connectivity index (χ3n) is 1.80. The second-order valence-corrected chi connectivity index (χ2v) is 2.91. The van der Waals surface area contributed by atoms with Gasteiger partial charge in [-0.2, -0.15) is 0 Å². The molecule has 0 saturated heterocycles. The molecule has 1 N–H and O–H groups in total. The molecule has 0 radical (unpaired) electrons. The van der Waals surface area contributed by atoms with Crippen LogP contribution in [-0.4, -0.2) is 31.2 Å². The van der Waals surface area contributed by atoms with Gasteiger partial charge in [-0.1, -0.05) is 6.42 Å². The van der Waals surface area contributed by atoms with E-state index in [-0.39, 0.29) is 12.9 Å². The van der Waals surface area contributed by atoms with Crippen LogP contribution in [0, 0.1) is 0 Å². The second-order valence-electron chi connectivity index (χ2n) is 2.91. The minimum atomic E-state index is -0.0475. The summed E-state index contributed by atoms with van der Waals surface area (Å²) in [6.07, 6.45) is 3.87. The first-order chi connectivity index (χ1) is 6.35. The van der Waals surface area contributed by atoms with Crippen molar-refractivity contribution in [1.82, 2.24) is 0 Å². The van der Waals surface area contributed by atoms with Crippen molar-refractivity contribution in [3.63, 3.8) is 0 Å². The number of hydrogen-bond acceptors (Lipinski definition) is 3. The van der Waals surface area contributed by atoms with Crippen LogP contribution in [-0.2, 0) is 9.47 Å². The summed E-state index contributed by atoms with van der Waals surface area (Å²) in [7, 11) is 0. The van der Waals surface area contributed by atoms with Gasteiger partial charge < -0.3 is 14.6 Å². The Morgan fingerprint density at radius 3 is 2.08 bits per heavy atom. The molecule has 3 heteroatoms. The molecule has 0 fully saturated rings. The van der Waals surface area contributed by atoms with E-state index in [1.807, 2.05) is 13.8 Å². The number of aliphatic hydroxyl groups is 1. The Bertz CT molecular complexity index is 90.2. The van der Waals surface area contributed by atoms with Crippen molar-refractivity contribution in [3.05, 3.63) is 0 Å². The van der Waals surface area contributed by atoms with E-state index >= 15 is 0 Å². The molecule has 0 heterocycles. The van der Waals surface area contributed by atoms with Crippen LogP contribution >= 0.6 is 0 Å². The molecule has 3 nitrogen and oxygen atoms in total. The molecule has 13 heavy (non-hydrogen) atoms. The van der Waals surface area contributed by atoms with E-state index in [9.17, 15) is 0 Å². The number of hydrogen-bond donors (Lipinski definition) is 1. The van der Waals surface area contributed by atoms with E-state index in [1.54, 1.807) is 0 Å². The van der Waals surface area contributed by atoms with E-state index < -0.39 is 0 Å². The molecule has 0 spiro atoms. The highest BCUT2D eigenvalue weighted by molar-refractivity contribution is 4.47. The highest BCUT2D eigenvalue weighted by atomic mass is 16.7. The van der Waals surface area contributed by atoms with Crippen molar-refractivity contribution in [2.24, 2.45) is 0 Å². The summed E-state index contributed by atoms with van der Waals surface area (Å²) >= 11 is 0. The van der Waals surface area contributed by atoms with Crippen molar-refractivity contribution in [3.8, 4) is 0 Å². The summed E-state index contributed by atoms with van der Waals surface area (Å²) in [5, 5.41) is 8.58. The fraction of sp³-hybridized carbons (Fsp3) is 1.00. The molecular formula is C10H22O3. The van der Waals surface area contributed by atoms with Gasteiger partial charge in [0.25, 0.3) is 0 Å². The lowest BCUT2D eigenvalue weighted by molar-refractivity contribution is -0.140. The molecule has 0 aliphatic rings. The predicted octanol–water partition coefficient (Wildman–Crippen LogP) is 1.94. The third kappa shape index (κ3) is 8.22. The molecule has 0 aromatic carbocycles. The largest absolute Gasteiger partial charge is 0.396 e. The lowest BCUT2D eigenvalue weighted by atomic mass is 10.2. The summed E-state index contributed by atoms with van der Waals surface area (Å²) in [4.78, 5) is 0. The second kappa shape index (κ2) is 9.96. The van der Waals surface area contributed by atoms with Gasteiger partial charge in [0.1, 0.15) is 0 Å². The molecular weight excluding hydrogens is 168 g/mol. The first-order valence-corrected chi connectivity index (χ1v) is 5.19. The number of aliphatic hydroxyl groups excluding tert-OH is 1. The van der Waals surface area contributed by atoms with E-state index in [0.29, 0.717) is 13.2 Å². The quantitative estimate of drug-likeness (QED) is 0.446. The molecule has 0 aliphatic carbocycles. The van der Waals surface area contributed by atoms with Gasteiger partial charge in [0.15, 0.2) is 6.29 Å². The van der Waals surface area contributed by atoms with Crippen molar-refractivity contribution < 1.29 is 14.6 Å². The molecule has 0 bridgehead atoms. The van der Waals surface area contributed by atoms with Gasteiger partial charge in [0, 0.05) is 19.8 Å². The van der Waals surface area contributed by atoms with E-state index in [1.165, 1.54) is 0 Å². The zero-order valence-electron chi connectivity index (χ0n) is 8.79. The number of unbranched alkanes of at least 4 members (excludes halogenated alkanes) is 2. The third-order valence-corrected chi connectivity index (χ3v) is 1.80. The van der Waals surface area contributed by atoms with Crippen molar-refractivity contribution in [2.75, 3.05) is 19.8 Å². The molecule has 0 rings (SSSR count). The molecule has 0 unspecified atom stereocenters. The maximum Gasteiger partial charge on any atom is 0.157 e. The van der Waals surface area contributed by atoms with Crippen molar-refractivity contribution >= 4 is 0 Å². The van der Waals surface area contributed by atoms with Gasteiger partial charge in [0.2, 0.25) is 0 Å². The van der Waals surface area contributed by atoms with Crippen LogP contribution in [0.3, 0.4) is 0 Å². The number of rotatable bonds is 9. The molecule has 0 aromatic rings. The molecule has 0 aromatic heterocycles. The monoisotopic (exact) mass is 190 g/mol. The zero-order chi connectivity index (χ0) is 9.94. The minimum Gasteiger partial charge on any atom is -0.396 e. The standard InChI is InChI=1S/C10H22O3/c1-3-12-10(13-4-2)8-6-5-7-9-11/h10-11H,3-9H2,1-2H3. The Morgan fingerprint density at radius 2 is 1.62 bits per heavy atom. The Hall–Kier alpha value is -0.120. The normalized spacial score (nSPS) is 11.1. The first-order valence-electron chi connectivity index (χ1n) is 5.19. The maximum atomic E-state index is 8.58. The summed E-state index contributed by atoms with van der Waals surface area (Å²) in [6, 6.07) is 0. The van der Waals surface area contributed by atoms with E-state index in [0.717, 1.165) is 25.7 Å². The highest BCUT2D eigenvalue weighted by Crippen LogP contribution is 2.07. The molecule has 0 atom stereocenters. The van der Waals surface area contributed by atoms with Crippen LogP contribution in [0.1, 0.15) is 39.5 Å². The summed E-state index contributed by atoms with van der Waals surface area (Å²) in [5.41, 5.74) is 0. The smallest absolute Gasteiger partial charge is 0.157 e. The van der Waals surface area contributed by atoms with Crippen LogP contribution in [0.25, 0.3) is 0 Å². The summed E-state index contributed by atoms with van der Waals surface area (Å²) in [5.74, 6) is 0.